The Bertz CT molecular complexity index is 593. The van der Waals surface area contributed by atoms with E-state index in [2.05, 4.69) is 56.1 Å². The van der Waals surface area contributed by atoms with E-state index >= 15 is 0 Å². The van der Waals surface area contributed by atoms with E-state index in [1.54, 1.807) is 7.11 Å². The van der Waals surface area contributed by atoms with Gasteiger partial charge in [0.25, 0.3) is 0 Å². The smallest absolute Gasteiger partial charge is 0.119 e. The Kier molecular flexibility index (Phi) is 4.86. The van der Waals surface area contributed by atoms with Crippen molar-refractivity contribution in [2.45, 2.75) is 19.9 Å². The van der Waals surface area contributed by atoms with Crippen LogP contribution in [-0.2, 0) is 0 Å². The molecule has 0 radical (unpaired) electrons. The zero-order chi connectivity index (χ0) is 15.4. The first-order chi connectivity index (χ1) is 10.1. The summed E-state index contributed by atoms with van der Waals surface area (Å²) in [6.45, 7) is 4.84. The SMILES string of the molecule is COc1ccc(N(C)C(CN)c2ccc(C)c(C)c2)cc1. The van der Waals surface area contributed by atoms with Crippen LogP contribution in [0.25, 0.3) is 0 Å². The van der Waals surface area contributed by atoms with Gasteiger partial charge in [0, 0.05) is 19.3 Å². The van der Waals surface area contributed by atoms with Gasteiger partial charge in [-0.3, -0.25) is 0 Å². The molecule has 0 bridgehead atoms. The van der Waals surface area contributed by atoms with Crippen LogP contribution in [0.4, 0.5) is 5.69 Å². The van der Waals surface area contributed by atoms with Gasteiger partial charge in [0.05, 0.1) is 13.2 Å². The first-order valence-corrected chi connectivity index (χ1v) is 7.21. The fourth-order valence-electron chi connectivity index (χ4n) is 2.49. The molecular weight excluding hydrogens is 260 g/mol. The Hall–Kier alpha value is -2.00. The van der Waals surface area contributed by atoms with Crippen molar-refractivity contribution in [1.82, 2.24) is 0 Å². The van der Waals surface area contributed by atoms with Crippen LogP contribution in [0.2, 0.25) is 0 Å². The molecule has 1 atom stereocenters. The molecule has 0 saturated carbocycles. The topological polar surface area (TPSA) is 38.5 Å². The summed E-state index contributed by atoms with van der Waals surface area (Å²) in [5.74, 6) is 0.864. The molecule has 0 fully saturated rings. The maximum atomic E-state index is 6.02. The van der Waals surface area contributed by atoms with Gasteiger partial charge in [0.2, 0.25) is 0 Å². The molecule has 2 aromatic rings. The lowest BCUT2D eigenvalue weighted by Crippen LogP contribution is -2.30. The Morgan fingerprint density at radius 2 is 1.71 bits per heavy atom. The largest absolute Gasteiger partial charge is 0.497 e. The maximum Gasteiger partial charge on any atom is 0.119 e. The number of aryl methyl sites for hydroxylation is 2. The molecule has 0 aliphatic carbocycles. The lowest BCUT2D eigenvalue weighted by molar-refractivity contribution is 0.415. The van der Waals surface area contributed by atoms with Gasteiger partial charge in [0.15, 0.2) is 0 Å². The van der Waals surface area contributed by atoms with Gasteiger partial charge in [-0.1, -0.05) is 18.2 Å². The fraction of sp³-hybridized carbons (Fsp3) is 0.333. The average Bonchev–Trinajstić information content (AvgIpc) is 2.51. The van der Waals surface area contributed by atoms with Gasteiger partial charge in [-0.25, -0.2) is 0 Å². The quantitative estimate of drug-likeness (QED) is 0.914. The zero-order valence-electron chi connectivity index (χ0n) is 13.3. The zero-order valence-corrected chi connectivity index (χ0v) is 13.3. The molecule has 3 heteroatoms. The second-order valence-electron chi connectivity index (χ2n) is 5.40. The molecule has 2 N–H and O–H groups in total. The lowest BCUT2D eigenvalue weighted by Gasteiger charge is -2.30. The van der Waals surface area contributed by atoms with E-state index in [1.165, 1.54) is 16.7 Å². The summed E-state index contributed by atoms with van der Waals surface area (Å²) in [6, 6.07) is 14.8. The number of nitrogens with two attached hydrogens (primary N) is 1. The number of benzene rings is 2. The van der Waals surface area contributed by atoms with Crippen molar-refractivity contribution in [3.8, 4) is 5.75 Å². The standard InChI is InChI=1S/C18H24N2O/c1-13-5-6-15(11-14(13)2)18(12-19)20(3)16-7-9-17(21-4)10-8-16/h5-11,18H,12,19H2,1-4H3. The summed E-state index contributed by atoms with van der Waals surface area (Å²) in [5, 5.41) is 0. The maximum absolute atomic E-state index is 6.02. The Labute approximate surface area is 127 Å². The number of hydrogen-bond acceptors (Lipinski definition) is 3. The molecule has 0 aliphatic heterocycles. The van der Waals surface area contributed by atoms with Crippen LogP contribution in [0.5, 0.6) is 5.75 Å². The van der Waals surface area contributed by atoms with Crippen molar-refractivity contribution >= 4 is 5.69 Å². The van der Waals surface area contributed by atoms with Crippen molar-refractivity contribution in [2.75, 3.05) is 25.6 Å². The predicted molar refractivity (Wildman–Crippen MR) is 89.1 cm³/mol. The van der Waals surface area contributed by atoms with E-state index in [4.69, 9.17) is 10.5 Å². The molecular formula is C18H24N2O. The van der Waals surface area contributed by atoms with Gasteiger partial charge in [0.1, 0.15) is 5.75 Å². The number of rotatable bonds is 5. The highest BCUT2D eigenvalue weighted by Gasteiger charge is 2.16. The molecule has 0 heterocycles. The number of hydrogen-bond donors (Lipinski definition) is 1. The van der Waals surface area contributed by atoms with Crippen LogP contribution in [0.1, 0.15) is 22.7 Å². The monoisotopic (exact) mass is 284 g/mol. The van der Waals surface area contributed by atoms with Crippen molar-refractivity contribution in [3.05, 3.63) is 59.2 Å². The van der Waals surface area contributed by atoms with E-state index < -0.39 is 0 Å². The molecule has 2 aromatic carbocycles. The highest BCUT2D eigenvalue weighted by atomic mass is 16.5. The molecule has 0 saturated heterocycles. The van der Waals surface area contributed by atoms with Gasteiger partial charge in [-0.05, 0) is 54.8 Å². The first-order valence-electron chi connectivity index (χ1n) is 7.21. The molecule has 112 valence electrons. The molecule has 0 aliphatic rings. The van der Waals surface area contributed by atoms with Crippen molar-refractivity contribution in [3.63, 3.8) is 0 Å². The molecule has 21 heavy (non-hydrogen) atoms. The molecule has 1 unspecified atom stereocenters. The normalized spacial score (nSPS) is 12.0. The third kappa shape index (κ3) is 3.37. The summed E-state index contributed by atoms with van der Waals surface area (Å²) in [6.07, 6.45) is 0. The van der Waals surface area contributed by atoms with Crippen LogP contribution < -0.4 is 15.4 Å². The van der Waals surface area contributed by atoms with Crippen molar-refractivity contribution in [1.29, 1.82) is 0 Å². The van der Waals surface area contributed by atoms with Crippen LogP contribution in [0, 0.1) is 13.8 Å². The second kappa shape index (κ2) is 6.64. The molecule has 0 aromatic heterocycles. The molecule has 3 nitrogen and oxygen atoms in total. The average molecular weight is 284 g/mol. The summed E-state index contributed by atoms with van der Waals surface area (Å²) < 4.78 is 5.21. The van der Waals surface area contributed by atoms with Gasteiger partial charge in [-0.2, -0.15) is 0 Å². The highest BCUT2D eigenvalue weighted by Crippen LogP contribution is 2.27. The van der Waals surface area contributed by atoms with Crippen LogP contribution in [-0.4, -0.2) is 20.7 Å². The van der Waals surface area contributed by atoms with Crippen LogP contribution in [0.3, 0.4) is 0 Å². The Morgan fingerprint density at radius 1 is 1.05 bits per heavy atom. The molecule has 0 amide bonds. The van der Waals surface area contributed by atoms with E-state index in [1.807, 2.05) is 12.1 Å². The van der Waals surface area contributed by atoms with Crippen molar-refractivity contribution < 1.29 is 4.74 Å². The van der Waals surface area contributed by atoms with Gasteiger partial charge in [-0.15, -0.1) is 0 Å². The van der Waals surface area contributed by atoms with E-state index in [-0.39, 0.29) is 6.04 Å². The van der Waals surface area contributed by atoms with Gasteiger partial charge >= 0.3 is 0 Å². The first kappa shape index (κ1) is 15.4. The van der Waals surface area contributed by atoms with E-state index in [0.717, 1.165) is 11.4 Å². The van der Waals surface area contributed by atoms with Crippen molar-refractivity contribution in [2.24, 2.45) is 5.73 Å². The minimum atomic E-state index is 0.165. The number of likely N-dealkylation sites (N-methyl/N-ethyl adjacent to an activating group) is 1. The number of ether oxygens (including phenoxy) is 1. The Balaban J connectivity index is 2.28. The number of anilines is 1. The minimum absolute atomic E-state index is 0.165. The Morgan fingerprint density at radius 3 is 2.24 bits per heavy atom. The summed E-state index contributed by atoms with van der Waals surface area (Å²) in [7, 11) is 3.75. The molecule has 2 rings (SSSR count). The minimum Gasteiger partial charge on any atom is -0.497 e. The third-order valence-electron chi connectivity index (χ3n) is 4.09. The molecule has 0 spiro atoms. The number of methoxy groups -OCH3 is 1. The second-order valence-corrected chi connectivity index (χ2v) is 5.40. The van der Waals surface area contributed by atoms with Gasteiger partial charge < -0.3 is 15.4 Å². The predicted octanol–water partition coefficient (Wildman–Crippen LogP) is 3.45. The third-order valence-corrected chi connectivity index (χ3v) is 4.09. The van der Waals surface area contributed by atoms with Crippen LogP contribution >= 0.6 is 0 Å². The van der Waals surface area contributed by atoms with E-state index in [9.17, 15) is 0 Å². The van der Waals surface area contributed by atoms with Crippen LogP contribution in [0.15, 0.2) is 42.5 Å². The number of nitrogens with zero attached hydrogens (tertiary/aromatic N) is 1. The highest BCUT2D eigenvalue weighted by molar-refractivity contribution is 5.51. The summed E-state index contributed by atoms with van der Waals surface area (Å²) in [4.78, 5) is 2.21. The fourth-order valence-corrected chi connectivity index (χ4v) is 2.49. The lowest BCUT2D eigenvalue weighted by atomic mass is 10.00. The van der Waals surface area contributed by atoms with E-state index in [0.29, 0.717) is 6.54 Å². The summed E-state index contributed by atoms with van der Waals surface area (Å²) >= 11 is 0. The summed E-state index contributed by atoms with van der Waals surface area (Å²) in [5.41, 5.74) is 11.0.